The summed E-state index contributed by atoms with van der Waals surface area (Å²) < 4.78 is 40.8. The molecule has 1 heterocycles. The average Bonchev–Trinajstić information content (AvgIpc) is 3.24. The van der Waals surface area contributed by atoms with Crippen LogP contribution in [0, 0.1) is 0 Å². The zero-order valence-corrected chi connectivity index (χ0v) is 21.9. The van der Waals surface area contributed by atoms with E-state index in [9.17, 15) is 22.8 Å². The fourth-order valence-electron chi connectivity index (χ4n) is 3.52. The third-order valence-corrected chi connectivity index (χ3v) is 7.63. The number of benzene rings is 3. The lowest BCUT2D eigenvalue weighted by Gasteiger charge is -2.19. The van der Waals surface area contributed by atoms with E-state index in [-0.39, 0.29) is 22.8 Å². The lowest BCUT2D eigenvalue weighted by atomic mass is 9.87. The van der Waals surface area contributed by atoms with Gasteiger partial charge < -0.3 is 10.6 Å². The van der Waals surface area contributed by atoms with Gasteiger partial charge in [-0.25, -0.2) is 4.98 Å². The maximum atomic E-state index is 13.1. The first kappa shape index (κ1) is 26.7. The zero-order valence-electron chi connectivity index (χ0n) is 20.3. The Morgan fingerprint density at radius 3 is 2.32 bits per heavy atom. The summed E-state index contributed by atoms with van der Waals surface area (Å²) in [6.07, 6.45) is -4.56. The van der Waals surface area contributed by atoms with Crippen LogP contribution in [0.25, 0.3) is 10.2 Å². The summed E-state index contributed by atoms with van der Waals surface area (Å²) in [4.78, 5) is 29.5. The Morgan fingerprint density at radius 1 is 0.946 bits per heavy atom. The van der Waals surface area contributed by atoms with Gasteiger partial charge in [-0.05, 0) is 53.4 Å². The van der Waals surface area contributed by atoms with E-state index in [0.29, 0.717) is 21.1 Å². The van der Waals surface area contributed by atoms with Crippen molar-refractivity contribution in [3.63, 3.8) is 0 Å². The minimum atomic E-state index is -4.56. The number of anilines is 2. The van der Waals surface area contributed by atoms with Crippen molar-refractivity contribution in [1.29, 1.82) is 0 Å². The van der Waals surface area contributed by atoms with Gasteiger partial charge in [-0.3, -0.25) is 9.59 Å². The molecule has 0 saturated carbocycles. The summed E-state index contributed by atoms with van der Waals surface area (Å²) >= 11 is 2.47. The number of hydrogen-bond donors (Lipinski definition) is 2. The molecule has 0 unspecified atom stereocenters. The molecule has 0 fully saturated rings. The smallest absolute Gasteiger partial charge is 0.325 e. The van der Waals surface area contributed by atoms with E-state index in [1.807, 2.05) is 12.1 Å². The van der Waals surface area contributed by atoms with Crippen LogP contribution in [-0.4, -0.2) is 22.6 Å². The van der Waals surface area contributed by atoms with Gasteiger partial charge in [0.2, 0.25) is 5.91 Å². The molecule has 0 aliphatic heterocycles. The van der Waals surface area contributed by atoms with Crippen molar-refractivity contribution < 1.29 is 22.8 Å². The number of fused-ring (bicyclic) bond motifs is 1. The summed E-state index contributed by atoms with van der Waals surface area (Å²) in [5, 5.41) is 5.22. The number of hydrogen-bond acceptors (Lipinski definition) is 5. The molecule has 0 atom stereocenters. The molecule has 0 radical (unpaired) electrons. The third kappa shape index (κ3) is 6.69. The fraction of sp³-hybridized carbons (Fsp3) is 0.222. The molecule has 0 aliphatic carbocycles. The first-order chi connectivity index (χ1) is 17.4. The summed E-state index contributed by atoms with van der Waals surface area (Å²) in [5.41, 5.74) is 1.81. The minimum absolute atomic E-state index is 0.00381. The van der Waals surface area contributed by atoms with Crippen molar-refractivity contribution in [2.45, 2.75) is 36.7 Å². The molecule has 10 heteroatoms. The standard InChI is InChI=1S/C27H24F3N3O2S2/c1-26(2,3)17-10-8-16(9-11-17)24(35)31-18-12-13-21-22(14-18)37-25(33-21)36-15-23(34)32-20-7-5-4-6-19(20)27(28,29)30/h4-14H,15H2,1-3H3,(H,31,35)(H,32,34). The van der Waals surface area contributed by atoms with E-state index < -0.39 is 17.6 Å². The van der Waals surface area contributed by atoms with Gasteiger partial charge in [-0.2, -0.15) is 13.2 Å². The molecule has 2 amide bonds. The number of rotatable bonds is 6. The number of carbonyl (C=O) groups is 2. The van der Waals surface area contributed by atoms with Crippen molar-refractivity contribution in [3.8, 4) is 0 Å². The van der Waals surface area contributed by atoms with Crippen LogP contribution in [0.15, 0.2) is 71.1 Å². The normalized spacial score (nSPS) is 11.9. The molecule has 0 spiro atoms. The Hall–Kier alpha value is -3.37. The average molecular weight is 544 g/mol. The Bertz CT molecular complexity index is 1440. The number of thioether (sulfide) groups is 1. The highest BCUT2D eigenvalue weighted by atomic mass is 32.2. The molecular formula is C27H24F3N3O2S2. The minimum Gasteiger partial charge on any atom is -0.325 e. The SMILES string of the molecule is CC(C)(C)c1ccc(C(=O)Nc2ccc3nc(SCC(=O)Nc4ccccc4C(F)(F)F)sc3c2)cc1. The molecule has 37 heavy (non-hydrogen) atoms. The summed E-state index contributed by atoms with van der Waals surface area (Å²) in [6.45, 7) is 6.33. The largest absolute Gasteiger partial charge is 0.418 e. The number of carbonyl (C=O) groups excluding carboxylic acids is 2. The van der Waals surface area contributed by atoms with Crippen LogP contribution in [0.2, 0.25) is 0 Å². The molecule has 1 aromatic heterocycles. The predicted octanol–water partition coefficient (Wildman–Crippen LogP) is 7.60. The quantitative estimate of drug-likeness (QED) is 0.246. The van der Waals surface area contributed by atoms with Gasteiger partial charge >= 0.3 is 6.18 Å². The number of thiazole rings is 1. The van der Waals surface area contributed by atoms with Crippen LogP contribution >= 0.6 is 23.1 Å². The van der Waals surface area contributed by atoms with Crippen LogP contribution in [0.5, 0.6) is 0 Å². The predicted molar refractivity (Wildman–Crippen MR) is 144 cm³/mol. The number of nitrogens with one attached hydrogen (secondary N) is 2. The van der Waals surface area contributed by atoms with Crippen LogP contribution in [-0.2, 0) is 16.4 Å². The second-order valence-corrected chi connectivity index (χ2v) is 11.6. The molecule has 4 rings (SSSR count). The number of alkyl halides is 3. The first-order valence-electron chi connectivity index (χ1n) is 11.3. The Balaban J connectivity index is 1.39. The van der Waals surface area contributed by atoms with E-state index in [0.717, 1.165) is 28.1 Å². The van der Waals surface area contributed by atoms with Gasteiger partial charge in [0.05, 0.1) is 27.2 Å². The van der Waals surface area contributed by atoms with Crippen LogP contribution in [0.3, 0.4) is 0 Å². The van der Waals surface area contributed by atoms with E-state index in [1.165, 1.54) is 29.5 Å². The van der Waals surface area contributed by atoms with E-state index in [4.69, 9.17) is 0 Å². The number of nitrogens with zero attached hydrogens (tertiary/aromatic N) is 1. The summed E-state index contributed by atoms with van der Waals surface area (Å²) in [7, 11) is 0. The van der Waals surface area contributed by atoms with Gasteiger partial charge in [-0.1, -0.05) is 56.8 Å². The molecule has 192 valence electrons. The highest BCUT2D eigenvalue weighted by Crippen LogP contribution is 2.35. The van der Waals surface area contributed by atoms with Crippen molar-refractivity contribution in [1.82, 2.24) is 4.98 Å². The molecular weight excluding hydrogens is 519 g/mol. The second-order valence-electron chi connectivity index (χ2n) is 9.32. The third-order valence-electron chi connectivity index (χ3n) is 5.47. The monoisotopic (exact) mass is 543 g/mol. The molecule has 3 aromatic carbocycles. The Labute approximate surface area is 220 Å². The summed E-state index contributed by atoms with van der Waals surface area (Å²) in [5.74, 6) is -0.888. The van der Waals surface area contributed by atoms with Crippen LogP contribution < -0.4 is 10.6 Å². The van der Waals surface area contributed by atoms with Gasteiger partial charge in [0.25, 0.3) is 5.91 Å². The highest BCUT2D eigenvalue weighted by molar-refractivity contribution is 8.01. The van der Waals surface area contributed by atoms with Crippen molar-refractivity contribution in [3.05, 3.63) is 83.4 Å². The maximum Gasteiger partial charge on any atom is 0.418 e. The Morgan fingerprint density at radius 2 is 1.65 bits per heavy atom. The van der Waals surface area contributed by atoms with Crippen molar-refractivity contribution in [2.24, 2.45) is 0 Å². The van der Waals surface area contributed by atoms with Crippen molar-refractivity contribution >= 4 is 56.5 Å². The van der Waals surface area contributed by atoms with Gasteiger partial charge in [0.1, 0.15) is 0 Å². The first-order valence-corrected chi connectivity index (χ1v) is 13.1. The van der Waals surface area contributed by atoms with Gasteiger partial charge in [0, 0.05) is 11.3 Å². The lowest BCUT2D eigenvalue weighted by Crippen LogP contribution is -2.18. The fourth-order valence-corrected chi connectivity index (χ4v) is 5.43. The summed E-state index contributed by atoms with van der Waals surface area (Å²) in [6, 6.07) is 17.7. The molecule has 0 saturated heterocycles. The van der Waals surface area contributed by atoms with Crippen molar-refractivity contribution in [2.75, 3.05) is 16.4 Å². The molecule has 5 nitrogen and oxygen atoms in total. The second kappa shape index (κ2) is 10.5. The van der Waals surface area contributed by atoms with Gasteiger partial charge in [-0.15, -0.1) is 11.3 Å². The van der Waals surface area contributed by atoms with Gasteiger partial charge in [0.15, 0.2) is 4.34 Å². The lowest BCUT2D eigenvalue weighted by molar-refractivity contribution is -0.137. The maximum absolute atomic E-state index is 13.1. The molecule has 4 aromatic rings. The van der Waals surface area contributed by atoms with Crippen LogP contribution in [0.1, 0.15) is 42.3 Å². The number of para-hydroxylation sites is 1. The molecule has 2 N–H and O–H groups in total. The Kier molecular flexibility index (Phi) is 7.61. The highest BCUT2D eigenvalue weighted by Gasteiger charge is 2.33. The van der Waals surface area contributed by atoms with E-state index in [1.54, 1.807) is 30.3 Å². The number of aromatic nitrogens is 1. The number of amides is 2. The topological polar surface area (TPSA) is 71.1 Å². The molecule has 0 aliphatic rings. The van der Waals surface area contributed by atoms with Crippen LogP contribution in [0.4, 0.5) is 24.5 Å². The van der Waals surface area contributed by atoms with E-state index >= 15 is 0 Å². The molecule has 0 bridgehead atoms. The zero-order chi connectivity index (χ0) is 26.8. The number of halogens is 3. The van der Waals surface area contributed by atoms with E-state index in [2.05, 4.69) is 36.4 Å².